The van der Waals surface area contributed by atoms with E-state index in [1.54, 1.807) is 0 Å². The van der Waals surface area contributed by atoms with Gasteiger partial charge in [0.1, 0.15) is 6.61 Å². The average molecular weight is 284 g/mol. The van der Waals surface area contributed by atoms with Crippen molar-refractivity contribution in [1.29, 1.82) is 0 Å². The van der Waals surface area contributed by atoms with E-state index in [0.29, 0.717) is 0 Å². The molecule has 0 fully saturated rings. The Morgan fingerprint density at radius 1 is 1.10 bits per heavy atom. The summed E-state index contributed by atoms with van der Waals surface area (Å²) in [7, 11) is 2.85. The lowest BCUT2D eigenvalue weighted by Crippen LogP contribution is -2.00. The highest BCUT2D eigenvalue weighted by molar-refractivity contribution is 7.17. The quantitative estimate of drug-likeness (QED) is 0.473. The van der Waals surface area contributed by atoms with E-state index >= 15 is 0 Å². The van der Waals surface area contributed by atoms with E-state index < -0.39 is 5.97 Å². The number of esters is 1. The first-order valence-corrected chi connectivity index (χ1v) is 7.06. The second-order valence-electron chi connectivity index (χ2n) is 4.44. The lowest BCUT2D eigenvalue weighted by atomic mass is 10.0. The number of ether oxygens (including phenoxy) is 1. The van der Waals surface area contributed by atoms with Crippen LogP contribution in [0.2, 0.25) is 0 Å². The SMILES string of the molecule is C=CC(=O)OCc1ccc(C(P)c2ccccc2)cc1. The molecule has 2 unspecified atom stereocenters. The van der Waals surface area contributed by atoms with Crippen LogP contribution in [-0.4, -0.2) is 5.97 Å². The summed E-state index contributed by atoms with van der Waals surface area (Å²) in [6.07, 6.45) is 1.17. The summed E-state index contributed by atoms with van der Waals surface area (Å²) < 4.78 is 5.00. The van der Waals surface area contributed by atoms with Crippen molar-refractivity contribution in [1.82, 2.24) is 0 Å². The Balaban J connectivity index is 2.04. The lowest BCUT2D eigenvalue weighted by Gasteiger charge is -2.12. The van der Waals surface area contributed by atoms with E-state index in [4.69, 9.17) is 4.74 Å². The van der Waals surface area contributed by atoms with Gasteiger partial charge in [0.05, 0.1) is 0 Å². The number of carbonyl (C=O) groups is 1. The molecular formula is C17H17O2P. The second-order valence-corrected chi connectivity index (χ2v) is 5.11. The number of benzene rings is 2. The van der Waals surface area contributed by atoms with Crippen LogP contribution in [0.4, 0.5) is 0 Å². The van der Waals surface area contributed by atoms with Crippen LogP contribution >= 0.6 is 9.24 Å². The van der Waals surface area contributed by atoms with Crippen LogP contribution in [0.5, 0.6) is 0 Å². The molecule has 2 aromatic carbocycles. The Morgan fingerprint density at radius 3 is 2.30 bits per heavy atom. The van der Waals surface area contributed by atoms with Crippen LogP contribution in [0, 0.1) is 0 Å². The van der Waals surface area contributed by atoms with Crippen molar-refractivity contribution < 1.29 is 9.53 Å². The Bertz CT molecular complexity index is 576. The van der Waals surface area contributed by atoms with Crippen LogP contribution in [-0.2, 0) is 16.1 Å². The third-order valence-electron chi connectivity index (χ3n) is 3.05. The van der Waals surface area contributed by atoms with Crippen molar-refractivity contribution in [2.24, 2.45) is 0 Å². The Hall–Kier alpha value is -1.92. The molecule has 0 saturated heterocycles. The Kier molecular flexibility index (Phi) is 5.09. The van der Waals surface area contributed by atoms with Gasteiger partial charge in [-0.2, -0.15) is 0 Å². The summed E-state index contributed by atoms with van der Waals surface area (Å²) in [4.78, 5) is 11.0. The normalized spacial score (nSPS) is 11.7. The van der Waals surface area contributed by atoms with Gasteiger partial charge in [-0.3, -0.25) is 0 Å². The largest absolute Gasteiger partial charge is 0.458 e. The molecule has 2 aromatic rings. The van der Waals surface area contributed by atoms with Crippen LogP contribution in [0.1, 0.15) is 22.3 Å². The Labute approximate surface area is 121 Å². The predicted molar refractivity (Wildman–Crippen MR) is 84.4 cm³/mol. The maximum atomic E-state index is 11.0. The molecule has 0 saturated carbocycles. The summed E-state index contributed by atoms with van der Waals surface area (Å²) >= 11 is 0. The molecule has 0 aromatic heterocycles. The molecule has 0 aliphatic heterocycles. The number of carbonyl (C=O) groups excluding carboxylic acids is 1. The van der Waals surface area contributed by atoms with Gasteiger partial charge in [0.15, 0.2) is 0 Å². The van der Waals surface area contributed by atoms with Crippen molar-refractivity contribution in [3.63, 3.8) is 0 Å². The molecule has 2 atom stereocenters. The van der Waals surface area contributed by atoms with Crippen molar-refractivity contribution in [2.45, 2.75) is 12.3 Å². The number of hydrogen-bond acceptors (Lipinski definition) is 2. The molecular weight excluding hydrogens is 267 g/mol. The van der Waals surface area contributed by atoms with Crippen LogP contribution < -0.4 is 0 Å². The number of hydrogen-bond donors (Lipinski definition) is 0. The molecule has 0 bridgehead atoms. The summed E-state index contributed by atoms with van der Waals surface area (Å²) in [6.45, 7) is 3.64. The van der Waals surface area contributed by atoms with Crippen molar-refractivity contribution in [2.75, 3.05) is 0 Å². The number of rotatable bonds is 5. The van der Waals surface area contributed by atoms with E-state index in [1.807, 2.05) is 30.3 Å². The molecule has 2 rings (SSSR count). The van der Waals surface area contributed by atoms with Gasteiger partial charge in [0.2, 0.25) is 0 Å². The van der Waals surface area contributed by atoms with Gasteiger partial charge in [0, 0.05) is 11.7 Å². The molecule has 0 amide bonds. The zero-order valence-electron chi connectivity index (χ0n) is 11.2. The van der Waals surface area contributed by atoms with E-state index in [9.17, 15) is 4.79 Å². The fraction of sp³-hybridized carbons (Fsp3) is 0.118. The fourth-order valence-corrected chi connectivity index (χ4v) is 2.33. The van der Waals surface area contributed by atoms with E-state index in [1.165, 1.54) is 17.2 Å². The van der Waals surface area contributed by atoms with Gasteiger partial charge in [-0.15, -0.1) is 9.24 Å². The molecule has 0 spiro atoms. The highest BCUT2D eigenvalue weighted by Crippen LogP contribution is 2.30. The highest BCUT2D eigenvalue weighted by atomic mass is 31.0. The van der Waals surface area contributed by atoms with Gasteiger partial charge in [-0.25, -0.2) is 4.79 Å². The first-order valence-electron chi connectivity index (χ1n) is 6.39. The highest BCUT2D eigenvalue weighted by Gasteiger charge is 2.08. The fourth-order valence-electron chi connectivity index (χ4n) is 1.89. The van der Waals surface area contributed by atoms with Gasteiger partial charge in [-0.1, -0.05) is 61.2 Å². The minimum absolute atomic E-state index is 0.265. The zero-order chi connectivity index (χ0) is 14.4. The van der Waals surface area contributed by atoms with Crippen molar-refractivity contribution >= 4 is 15.2 Å². The summed E-state index contributed by atoms with van der Waals surface area (Å²) in [5.41, 5.74) is 3.69. The summed E-state index contributed by atoms with van der Waals surface area (Å²) in [5, 5.41) is 0. The molecule has 2 nitrogen and oxygen atoms in total. The molecule has 0 aliphatic rings. The predicted octanol–water partition coefficient (Wildman–Crippen LogP) is 3.88. The van der Waals surface area contributed by atoms with Crippen LogP contribution in [0.15, 0.2) is 67.3 Å². The maximum Gasteiger partial charge on any atom is 0.330 e. The first-order chi connectivity index (χ1) is 9.70. The van der Waals surface area contributed by atoms with Gasteiger partial charge < -0.3 is 4.74 Å². The molecule has 0 aliphatic carbocycles. The monoisotopic (exact) mass is 284 g/mol. The van der Waals surface area contributed by atoms with Crippen LogP contribution in [0.25, 0.3) is 0 Å². The zero-order valence-corrected chi connectivity index (χ0v) is 12.3. The summed E-state index contributed by atoms with van der Waals surface area (Å²) in [5.74, 6) is -0.401. The third-order valence-corrected chi connectivity index (χ3v) is 3.82. The molecule has 3 heteroatoms. The van der Waals surface area contributed by atoms with Crippen LogP contribution in [0.3, 0.4) is 0 Å². The van der Waals surface area contributed by atoms with Gasteiger partial charge in [-0.05, 0) is 16.7 Å². The maximum absolute atomic E-state index is 11.0. The van der Waals surface area contributed by atoms with Gasteiger partial charge in [0.25, 0.3) is 0 Å². The van der Waals surface area contributed by atoms with E-state index in [2.05, 4.69) is 40.1 Å². The van der Waals surface area contributed by atoms with Gasteiger partial charge >= 0.3 is 5.97 Å². The average Bonchev–Trinajstić information content (AvgIpc) is 2.53. The van der Waals surface area contributed by atoms with Crippen molar-refractivity contribution in [3.8, 4) is 0 Å². The van der Waals surface area contributed by atoms with Crippen molar-refractivity contribution in [3.05, 3.63) is 83.9 Å². The Morgan fingerprint density at radius 2 is 1.70 bits per heavy atom. The summed E-state index contributed by atoms with van der Waals surface area (Å²) in [6, 6.07) is 18.4. The third kappa shape index (κ3) is 3.79. The molecule has 102 valence electrons. The second kappa shape index (κ2) is 7.02. The first kappa shape index (κ1) is 14.5. The molecule has 20 heavy (non-hydrogen) atoms. The van der Waals surface area contributed by atoms with E-state index in [-0.39, 0.29) is 12.3 Å². The smallest absolute Gasteiger partial charge is 0.330 e. The topological polar surface area (TPSA) is 26.3 Å². The minimum Gasteiger partial charge on any atom is -0.458 e. The minimum atomic E-state index is -0.401. The lowest BCUT2D eigenvalue weighted by molar-refractivity contribution is -0.138. The van der Waals surface area contributed by atoms with E-state index in [0.717, 1.165) is 5.56 Å². The standard InChI is InChI=1S/C17H17O2P/c1-2-16(18)19-12-13-8-10-15(11-9-13)17(20)14-6-4-3-5-7-14/h2-11,17H,1,12,20H2. The molecule has 0 N–H and O–H groups in total. The molecule has 0 heterocycles. The molecule has 0 radical (unpaired) electrons.